The van der Waals surface area contributed by atoms with Crippen molar-refractivity contribution >= 4 is 11.9 Å². The zero-order valence-corrected chi connectivity index (χ0v) is 10.7. The third kappa shape index (κ3) is 4.99. The van der Waals surface area contributed by atoms with Gasteiger partial charge in [-0.25, -0.2) is 4.98 Å². The van der Waals surface area contributed by atoms with Crippen LogP contribution in [0.4, 0.5) is 5.95 Å². The molecule has 1 rings (SSSR count). The average molecular weight is 253 g/mol. The molecule has 100 valence electrons. The van der Waals surface area contributed by atoms with E-state index in [1.807, 2.05) is 6.92 Å². The van der Waals surface area contributed by atoms with Crippen LogP contribution in [-0.4, -0.2) is 34.2 Å². The molecule has 1 aromatic rings. The van der Waals surface area contributed by atoms with Gasteiger partial charge < -0.3 is 15.2 Å². The number of rotatable bonds is 8. The van der Waals surface area contributed by atoms with Crippen LogP contribution >= 0.6 is 0 Å². The number of hydrogen-bond acceptors (Lipinski definition) is 5. The van der Waals surface area contributed by atoms with E-state index in [9.17, 15) is 4.79 Å². The Labute approximate surface area is 106 Å². The van der Waals surface area contributed by atoms with E-state index in [4.69, 9.17) is 9.84 Å². The fraction of sp³-hybridized carbons (Fsp3) is 0.583. The molecular formula is C12H19N3O3. The van der Waals surface area contributed by atoms with Gasteiger partial charge in [-0.3, -0.25) is 4.79 Å². The Morgan fingerprint density at radius 1 is 1.61 bits per heavy atom. The van der Waals surface area contributed by atoms with E-state index in [-0.39, 0.29) is 5.92 Å². The van der Waals surface area contributed by atoms with Crippen molar-refractivity contribution in [2.75, 3.05) is 18.5 Å². The van der Waals surface area contributed by atoms with Crippen molar-refractivity contribution in [1.29, 1.82) is 0 Å². The molecule has 1 atom stereocenters. The van der Waals surface area contributed by atoms with Crippen LogP contribution in [-0.2, 0) is 4.79 Å². The second-order valence-electron chi connectivity index (χ2n) is 3.96. The number of nitrogens with zero attached hydrogens (tertiary/aromatic N) is 2. The Bertz CT molecular complexity index is 385. The Kier molecular flexibility index (Phi) is 5.90. The third-order valence-electron chi connectivity index (χ3n) is 2.44. The summed E-state index contributed by atoms with van der Waals surface area (Å²) < 4.78 is 5.25. The lowest BCUT2D eigenvalue weighted by atomic mass is 10.1. The highest BCUT2D eigenvalue weighted by Crippen LogP contribution is 2.09. The highest BCUT2D eigenvalue weighted by molar-refractivity contribution is 5.69. The summed E-state index contributed by atoms with van der Waals surface area (Å²) >= 11 is 0. The lowest BCUT2D eigenvalue weighted by Gasteiger charge is -2.08. The molecule has 0 saturated heterocycles. The van der Waals surface area contributed by atoms with Crippen LogP contribution in [0.1, 0.15) is 26.7 Å². The van der Waals surface area contributed by atoms with E-state index in [1.165, 1.54) is 0 Å². The standard InChI is InChI=1S/C12H19N3O3/c1-3-18-10-6-8-14-12(15-10)13-7-4-5-9(2)11(16)17/h6,8-9H,3-5,7H2,1-2H3,(H,16,17)(H,13,14,15). The van der Waals surface area contributed by atoms with Crippen LogP contribution in [0.3, 0.4) is 0 Å². The molecule has 2 N–H and O–H groups in total. The predicted molar refractivity (Wildman–Crippen MR) is 67.7 cm³/mol. The van der Waals surface area contributed by atoms with E-state index in [0.717, 1.165) is 6.42 Å². The Morgan fingerprint density at radius 2 is 2.39 bits per heavy atom. The summed E-state index contributed by atoms with van der Waals surface area (Å²) in [6.45, 7) is 4.80. The van der Waals surface area contributed by atoms with E-state index in [1.54, 1.807) is 19.2 Å². The van der Waals surface area contributed by atoms with E-state index in [2.05, 4.69) is 15.3 Å². The SMILES string of the molecule is CCOc1ccnc(NCCCC(C)C(=O)O)n1. The fourth-order valence-corrected chi connectivity index (χ4v) is 1.39. The summed E-state index contributed by atoms with van der Waals surface area (Å²) in [4.78, 5) is 18.8. The number of ether oxygens (including phenoxy) is 1. The van der Waals surface area contributed by atoms with Crippen LogP contribution in [0.15, 0.2) is 12.3 Å². The smallest absolute Gasteiger partial charge is 0.306 e. The third-order valence-corrected chi connectivity index (χ3v) is 2.44. The molecule has 6 nitrogen and oxygen atoms in total. The first-order valence-electron chi connectivity index (χ1n) is 6.06. The first-order valence-corrected chi connectivity index (χ1v) is 6.06. The maximum atomic E-state index is 10.6. The summed E-state index contributed by atoms with van der Waals surface area (Å²) in [7, 11) is 0. The molecule has 1 heterocycles. The number of hydrogen-bond donors (Lipinski definition) is 2. The van der Waals surface area contributed by atoms with Crippen molar-refractivity contribution in [3.8, 4) is 5.88 Å². The maximum Gasteiger partial charge on any atom is 0.306 e. The molecule has 0 aliphatic heterocycles. The number of carbonyl (C=O) groups is 1. The van der Waals surface area contributed by atoms with Crippen molar-refractivity contribution in [1.82, 2.24) is 9.97 Å². The molecule has 0 fully saturated rings. The topological polar surface area (TPSA) is 84.3 Å². The lowest BCUT2D eigenvalue weighted by Crippen LogP contribution is -2.12. The average Bonchev–Trinajstić information content (AvgIpc) is 2.35. The number of carboxylic acids is 1. The Hall–Kier alpha value is -1.85. The van der Waals surface area contributed by atoms with Crippen molar-refractivity contribution in [2.24, 2.45) is 5.92 Å². The van der Waals surface area contributed by atoms with Gasteiger partial charge in [-0.05, 0) is 19.8 Å². The van der Waals surface area contributed by atoms with Gasteiger partial charge in [-0.1, -0.05) is 6.92 Å². The summed E-state index contributed by atoms with van der Waals surface area (Å²) in [5.41, 5.74) is 0. The fourth-order valence-electron chi connectivity index (χ4n) is 1.39. The van der Waals surface area contributed by atoms with Crippen LogP contribution in [0, 0.1) is 5.92 Å². The molecule has 0 bridgehead atoms. The molecular weight excluding hydrogens is 234 g/mol. The highest BCUT2D eigenvalue weighted by Gasteiger charge is 2.09. The summed E-state index contributed by atoms with van der Waals surface area (Å²) in [5, 5.41) is 11.8. The minimum atomic E-state index is -0.760. The van der Waals surface area contributed by atoms with Crippen molar-refractivity contribution < 1.29 is 14.6 Å². The van der Waals surface area contributed by atoms with E-state index < -0.39 is 5.97 Å². The molecule has 0 radical (unpaired) electrons. The Morgan fingerprint density at radius 3 is 3.06 bits per heavy atom. The Balaban J connectivity index is 2.30. The van der Waals surface area contributed by atoms with Crippen LogP contribution in [0.2, 0.25) is 0 Å². The minimum absolute atomic E-state index is 0.317. The molecule has 1 unspecified atom stereocenters. The monoisotopic (exact) mass is 253 g/mol. The number of nitrogens with one attached hydrogen (secondary N) is 1. The summed E-state index contributed by atoms with van der Waals surface area (Å²) in [6, 6.07) is 1.70. The van der Waals surface area contributed by atoms with E-state index >= 15 is 0 Å². The van der Waals surface area contributed by atoms with Crippen LogP contribution in [0.25, 0.3) is 0 Å². The number of aliphatic carboxylic acids is 1. The number of aromatic nitrogens is 2. The second-order valence-corrected chi connectivity index (χ2v) is 3.96. The van der Waals surface area contributed by atoms with Gasteiger partial charge in [0.15, 0.2) is 0 Å². The largest absolute Gasteiger partial charge is 0.481 e. The van der Waals surface area contributed by atoms with Gasteiger partial charge in [0.25, 0.3) is 0 Å². The first kappa shape index (κ1) is 14.2. The van der Waals surface area contributed by atoms with Gasteiger partial charge in [0.05, 0.1) is 12.5 Å². The second kappa shape index (κ2) is 7.47. The molecule has 6 heteroatoms. The van der Waals surface area contributed by atoms with Gasteiger partial charge in [-0.15, -0.1) is 0 Å². The van der Waals surface area contributed by atoms with Crippen molar-refractivity contribution in [3.63, 3.8) is 0 Å². The van der Waals surface area contributed by atoms with Gasteiger partial charge in [0.1, 0.15) is 0 Å². The molecule has 0 aromatic carbocycles. The summed E-state index contributed by atoms with van der Waals surface area (Å²) in [5.74, 6) is -0.0371. The zero-order valence-electron chi connectivity index (χ0n) is 10.7. The lowest BCUT2D eigenvalue weighted by molar-refractivity contribution is -0.141. The van der Waals surface area contributed by atoms with Gasteiger partial charge >= 0.3 is 5.97 Å². The van der Waals surface area contributed by atoms with Crippen LogP contribution in [0.5, 0.6) is 5.88 Å². The molecule has 0 spiro atoms. The number of carboxylic acid groups (broad SMARTS) is 1. The van der Waals surface area contributed by atoms with Crippen molar-refractivity contribution in [3.05, 3.63) is 12.3 Å². The molecule has 1 aromatic heterocycles. The highest BCUT2D eigenvalue weighted by atomic mass is 16.5. The molecule has 0 aliphatic rings. The number of anilines is 1. The molecule has 0 saturated carbocycles. The van der Waals surface area contributed by atoms with Gasteiger partial charge in [0, 0.05) is 18.8 Å². The molecule has 0 amide bonds. The van der Waals surface area contributed by atoms with Gasteiger partial charge in [-0.2, -0.15) is 4.98 Å². The van der Waals surface area contributed by atoms with Crippen molar-refractivity contribution in [2.45, 2.75) is 26.7 Å². The normalized spacial score (nSPS) is 11.9. The van der Waals surface area contributed by atoms with Gasteiger partial charge in [0.2, 0.25) is 11.8 Å². The zero-order chi connectivity index (χ0) is 13.4. The quantitative estimate of drug-likeness (QED) is 0.687. The first-order chi connectivity index (χ1) is 8.63. The molecule has 0 aliphatic carbocycles. The van der Waals surface area contributed by atoms with E-state index in [0.29, 0.717) is 31.4 Å². The summed E-state index contributed by atoms with van der Waals surface area (Å²) in [6.07, 6.45) is 3.02. The van der Waals surface area contributed by atoms with Crippen LogP contribution < -0.4 is 10.1 Å². The predicted octanol–water partition coefficient (Wildman–Crippen LogP) is 1.79. The maximum absolute atomic E-state index is 10.6. The molecule has 18 heavy (non-hydrogen) atoms. The minimum Gasteiger partial charge on any atom is -0.481 e.